The van der Waals surface area contributed by atoms with Crippen LogP contribution < -0.4 is 5.32 Å². The molecule has 0 saturated carbocycles. The van der Waals surface area contributed by atoms with Crippen molar-refractivity contribution in [3.63, 3.8) is 0 Å². The molecule has 19 heavy (non-hydrogen) atoms. The van der Waals surface area contributed by atoms with E-state index >= 15 is 0 Å². The predicted molar refractivity (Wildman–Crippen MR) is 76.1 cm³/mol. The minimum Gasteiger partial charge on any atom is -0.361 e. The van der Waals surface area contributed by atoms with Crippen molar-refractivity contribution in [1.29, 1.82) is 0 Å². The Morgan fingerprint density at radius 1 is 1.37 bits per heavy atom. The highest BCUT2D eigenvalue weighted by Crippen LogP contribution is 2.15. The summed E-state index contributed by atoms with van der Waals surface area (Å²) in [5, 5.41) is 7.48. The van der Waals surface area contributed by atoms with Crippen molar-refractivity contribution < 1.29 is 4.52 Å². The highest BCUT2D eigenvalue weighted by molar-refractivity contribution is 5.22. The number of aryl methyl sites for hydroxylation is 2. The third kappa shape index (κ3) is 3.47. The zero-order chi connectivity index (χ0) is 13.8. The summed E-state index contributed by atoms with van der Waals surface area (Å²) >= 11 is 0. The van der Waals surface area contributed by atoms with Gasteiger partial charge in [0, 0.05) is 24.0 Å². The summed E-state index contributed by atoms with van der Waals surface area (Å²) in [6, 6.07) is 4.25. The molecule has 0 bridgehead atoms. The average Bonchev–Trinajstić information content (AvgIpc) is 2.91. The average molecular weight is 261 g/mol. The fourth-order valence-electron chi connectivity index (χ4n) is 2.15. The molecule has 0 aliphatic rings. The van der Waals surface area contributed by atoms with Crippen LogP contribution in [0, 0.1) is 19.8 Å². The molecule has 4 nitrogen and oxygen atoms in total. The molecule has 2 heterocycles. The van der Waals surface area contributed by atoms with Gasteiger partial charge >= 0.3 is 0 Å². The van der Waals surface area contributed by atoms with Crippen LogP contribution in [0.1, 0.15) is 36.6 Å². The fourth-order valence-corrected chi connectivity index (χ4v) is 2.15. The second kappa shape index (κ2) is 6.06. The van der Waals surface area contributed by atoms with Gasteiger partial charge in [-0.3, -0.25) is 0 Å². The number of hydrogen-bond acceptors (Lipinski definition) is 3. The molecule has 0 saturated heterocycles. The minimum absolute atomic E-state index is 0.672. The van der Waals surface area contributed by atoms with Crippen LogP contribution in [0.15, 0.2) is 22.9 Å². The monoisotopic (exact) mass is 261 g/mol. The van der Waals surface area contributed by atoms with Gasteiger partial charge in [-0.05, 0) is 38.4 Å². The lowest BCUT2D eigenvalue weighted by Gasteiger charge is -2.11. The van der Waals surface area contributed by atoms with E-state index in [-0.39, 0.29) is 0 Å². The molecule has 2 rings (SSSR count). The van der Waals surface area contributed by atoms with E-state index < -0.39 is 0 Å². The second-order valence-corrected chi connectivity index (χ2v) is 5.45. The summed E-state index contributed by atoms with van der Waals surface area (Å²) in [6.07, 6.45) is 2.11. The van der Waals surface area contributed by atoms with Crippen LogP contribution >= 0.6 is 0 Å². The zero-order valence-corrected chi connectivity index (χ0v) is 12.2. The Morgan fingerprint density at radius 3 is 2.79 bits per heavy atom. The van der Waals surface area contributed by atoms with Gasteiger partial charge in [-0.1, -0.05) is 19.0 Å². The van der Waals surface area contributed by atoms with E-state index in [0.29, 0.717) is 5.92 Å². The summed E-state index contributed by atoms with van der Waals surface area (Å²) in [7, 11) is 0. The Kier molecular flexibility index (Phi) is 4.43. The molecule has 0 atom stereocenters. The Labute approximate surface area is 114 Å². The molecular formula is C15H23N3O. The number of aromatic nitrogens is 2. The van der Waals surface area contributed by atoms with Crippen LogP contribution in [-0.2, 0) is 13.1 Å². The van der Waals surface area contributed by atoms with Gasteiger partial charge < -0.3 is 14.4 Å². The lowest BCUT2D eigenvalue weighted by Crippen LogP contribution is -2.21. The van der Waals surface area contributed by atoms with Crippen LogP contribution in [0.4, 0.5) is 0 Å². The van der Waals surface area contributed by atoms with Crippen molar-refractivity contribution in [2.24, 2.45) is 5.92 Å². The Bertz CT molecular complexity index is 506. The maximum atomic E-state index is 5.22. The first kappa shape index (κ1) is 13.9. The molecule has 0 amide bonds. The van der Waals surface area contributed by atoms with Crippen LogP contribution in [0.5, 0.6) is 0 Å². The van der Waals surface area contributed by atoms with Crippen LogP contribution in [-0.4, -0.2) is 16.3 Å². The van der Waals surface area contributed by atoms with Crippen molar-refractivity contribution in [3.05, 3.63) is 41.0 Å². The molecule has 0 aromatic carbocycles. The van der Waals surface area contributed by atoms with Gasteiger partial charge in [0.1, 0.15) is 5.76 Å². The number of hydrogen-bond donors (Lipinski definition) is 1. The number of rotatable bonds is 6. The normalized spacial score (nSPS) is 11.4. The Hall–Kier alpha value is -1.55. The standard InChI is InChI=1S/C15H23N3O/c1-11(2)8-16-9-14-6-5-7-18(14)10-15-12(3)17-19-13(15)4/h5-7,11,16H,8-10H2,1-4H3. The SMILES string of the molecule is Cc1noc(C)c1Cn1cccc1CNCC(C)C. The Balaban J connectivity index is 2.03. The third-order valence-corrected chi connectivity index (χ3v) is 3.29. The summed E-state index contributed by atoms with van der Waals surface area (Å²) in [4.78, 5) is 0. The second-order valence-electron chi connectivity index (χ2n) is 5.45. The highest BCUT2D eigenvalue weighted by atomic mass is 16.5. The quantitative estimate of drug-likeness (QED) is 0.869. The van der Waals surface area contributed by atoms with E-state index in [2.05, 4.69) is 47.2 Å². The van der Waals surface area contributed by atoms with E-state index in [1.54, 1.807) is 0 Å². The molecular weight excluding hydrogens is 238 g/mol. The van der Waals surface area contributed by atoms with E-state index in [1.807, 2.05) is 13.8 Å². The lowest BCUT2D eigenvalue weighted by molar-refractivity contribution is 0.392. The van der Waals surface area contributed by atoms with Crippen molar-refractivity contribution in [3.8, 4) is 0 Å². The Morgan fingerprint density at radius 2 is 2.16 bits per heavy atom. The summed E-state index contributed by atoms with van der Waals surface area (Å²) < 4.78 is 7.47. The minimum atomic E-state index is 0.672. The predicted octanol–water partition coefficient (Wildman–Crippen LogP) is 2.89. The van der Waals surface area contributed by atoms with Gasteiger partial charge in [-0.25, -0.2) is 0 Å². The molecule has 4 heteroatoms. The number of nitrogens with zero attached hydrogens (tertiary/aromatic N) is 2. The van der Waals surface area contributed by atoms with Gasteiger partial charge in [0.25, 0.3) is 0 Å². The van der Waals surface area contributed by atoms with E-state index in [1.165, 1.54) is 11.3 Å². The van der Waals surface area contributed by atoms with Gasteiger partial charge in [0.15, 0.2) is 0 Å². The summed E-state index contributed by atoms with van der Waals surface area (Å²) in [6.45, 7) is 11.2. The fraction of sp³-hybridized carbons (Fsp3) is 0.533. The smallest absolute Gasteiger partial charge is 0.138 e. The van der Waals surface area contributed by atoms with Crippen molar-refractivity contribution in [1.82, 2.24) is 15.0 Å². The molecule has 0 spiro atoms. The van der Waals surface area contributed by atoms with E-state index in [9.17, 15) is 0 Å². The first-order chi connectivity index (χ1) is 9.08. The molecule has 0 fully saturated rings. The maximum Gasteiger partial charge on any atom is 0.138 e. The van der Waals surface area contributed by atoms with Crippen LogP contribution in [0.2, 0.25) is 0 Å². The summed E-state index contributed by atoms with van der Waals surface area (Å²) in [5.74, 6) is 1.58. The van der Waals surface area contributed by atoms with Crippen LogP contribution in [0.25, 0.3) is 0 Å². The zero-order valence-electron chi connectivity index (χ0n) is 12.2. The van der Waals surface area contributed by atoms with Gasteiger partial charge in [0.2, 0.25) is 0 Å². The third-order valence-electron chi connectivity index (χ3n) is 3.29. The molecule has 1 N–H and O–H groups in total. The van der Waals surface area contributed by atoms with Gasteiger partial charge in [-0.15, -0.1) is 0 Å². The molecule has 2 aromatic heterocycles. The topological polar surface area (TPSA) is 43.0 Å². The molecule has 104 valence electrons. The molecule has 0 unspecified atom stereocenters. The first-order valence-electron chi connectivity index (χ1n) is 6.84. The molecule has 0 aliphatic heterocycles. The van der Waals surface area contributed by atoms with E-state index in [4.69, 9.17) is 4.52 Å². The highest BCUT2D eigenvalue weighted by Gasteiger charge is 2.10. The van der Waals surface area contributed by atoms with Gasteiger partial charge in [0.05, 0.1) is 12.2 Å². The summed E-state index contributed by atoms with van der Waals surface area (Å²) in [5.41, 5.74) is 3.45. The maximum absolute atomic E-state index is 5.22. The molecule has 0 aliphatic carbocycles. The van der Waals surface area contributed by atoms with Gasteiger partial charge in [-0.2, -0.15) is 0 Å². The van der Waals surface area contributed by atoms with E-state index in [0.717, 1.165) is 31.1 Å². The lowest BCUT2D eigenvalue weighted by atomic mass is 10.2. The van der Waals surface area contributed by atoms with Crippen molar-refractivity contribution >= 4 is 0 Å². The van der Waals surface area contributed by atoms with Crippen molar-refractivity contribution in [2.75, 3.05) is 6.54 Å². The molecule has 2 aromatic rings. The first-order valence-corrected chi connectivity index (χ1v) is 6.84. The largest absolute Gasteiger partial charge is 0.361 e. The van der Waals surface area contributed by atoms with Crippen LogP contribution in [0.3, 0.4) is 0 Å². The van der Waals surface area contributed by atoms with Crippen molar-refractivity contribution in [2.45, 2.75) is 40.8 Å². The number of nitrogens with one attached hydrogen (secondary N) is 1. The molecule has 0 radical (unpaired) electrons.